The first kappa shape index (κ1) is 30.1. The summed E-state index contributed by atoms with van der Waals surface area (Å²) in [4.78, 5) is 42.5. The van der Waals surface area contributed by atoms with Gasteiger partial charge in [-0.2, -0.15) is 0 Å². The summed E-state index contributed by atoms with van der Waals surface area (Å²) in [6, 6.07) is 42.8. The van der Waals surface area contributed by atoms with Crippen LogP contribution in [-0.2, 0) is 9.59 Å². The number of hydrogen-bond donors (Lipinski definition) is 2. The normalized spacial score (nSPS) is 11.0. The van der Waals surface area contributed by atoms with Crippen molar-refractivity contribution in [3.63, 3.8) is 0 Å². The van der Waals surface area contributed by atoms with Gasteiger partial charge in [0.05, 0.1) is 5.75 Å². The van der Waals surface area contributed by atoms with Crippen LogP contribution in [0.4, 0.5) is 17.1 Å². The first-order valence-electron chi connectivity index (χ1n) is 14.1. The predicted molar refractivity (Wildman–Crippen MR) is 179 cm³/mol. The van der Waals surface area contributed by atoms with Gasteiger partial charge >= 0.3 is 0 Å². The van der Waals surface area contributed by atoms with Crippen LogP contribution in [0, 0.1) is 6.92 Å². The van der Waals surface area contributed by atoms with Crippen LogP contribution in [-0.4, -0.2) is 23.5 Å². The van der Waals surface area contributed by atoms with Crippen LogP contribution < -0.4 is 15.5 Å². The van der Waals surface area contributed by atoms with Crippen molar-refractivity contribution in [2.45, 2.75) is 11.8 Å². The molecule has 5 rings (SSSR count). The number of amides is 3. The number of aryl methyl sites for hydroxylation is 1. The Morgan fingerprint density at radius 3 is 1.93 bits per heavy atom. The average molecular weight is 598 g/mol. The van der Waals surface area contributed by atoms with E-state index in [9.17, 15) is 14.4 Å². The number of carbonyl (C=O) groups is 3. The van der Waals surface area contributed by atoms with E-state index in [1.54, 1.807) is 41.3 Å². The Balaban J connectivity index is 1.32. The van der Waals surface area contributed by atoms with Gasteiger partial charge in [0, 0.05) is 27.5 Å². The van der Waals surface area contributed by atoms with Crippen molar-refractivity contribution in [3.8, 4) is 0 Å². The smallest absolute Gasteiger partial charge is 0.272 e. The maximum atomic E-state index is 13.5. The highest BCUT2D eigenvalue weighted by atomic mass is 32.2. The summed E-state index contributed by atoms with van der Waals surface area (Å²) in [6.45, 7) is 1.94. The van der Waals surface area contributed by atoms with Crippen molar-refractivity contribution in [2.75, 3.05) is 16.0 Å². The minimum atomic E-state index is -0.463. The van der Waals surface area contributed by atoms with Gasteiger partial charge < -0.3 is 10.6 Å². The molecule has 0 aromatic heterocycles. The topological polar surface area (TPSA) is 78.5 Å². The summed E-state index contributed by atoms with van der Waals surface area (Å²) in [5.41, 5.74) is 4.46. The molecule has 0 aliphatic heterocycles. The fourth-order valence-electron chi connectivity index (χ4n) is 4.51. The fraction of sp³-hybridized carbons (Fsp3) is 0.0541. The van der Waals surface area contributed by atoms with Crippen molar-refractivity contribution in [2.24, 2.45) is 0 Å². The van der Waals surface area contributed by atoms with Crippen molar-refractivity contribution < 1.29 is 14.4 Å². The third-order valence-corrected chi connectivity index (χ3v) is 7.73. The van der Waals surface area contributed by atoms with Crippen molar-refractivity contribution in [1.82, 2.24) is 5.32 Å². The van der Waals surface area contributed by atoms with Gasteiger partial charge in [-0.3, -0.25) is 19.3 Å². The number of benzene rings is 5. The SMILES string of the molecule is Cc1ccccc1/C=C(\NC(=O)c1ccccc1)C(=O)Nc1cccc(SCC(=O)N(c2ccccc2)c2ccccc2)c1. The highest BCUT2D eigenvalue weighted by Gasteiger charge is 2.19. The molecule has 5 aromatic carbocycles. The van der Waals surface area contributed by atoms with Gasteiger partial charge in [-0.1, -0.05) is 84.9 Å². The number of nitrogens with one attached hydrogen (secondary N) is 2. The summed E-state index contributed by atoms with van der Waals surface area (Å²) >= 11 is 1.38. The largest absolute Gasteiger partial charge is 0.321 e. The maximum Gasteiger partial charge on any atom is 0.272 e. The second kappa shape index (κ2) is 14.7. The van der Waals surface area contributed by atoms with Gasteiger partial charge in [0.2, 0.25) is 5.91 Å². The summed E-state index contributed by atoms with van der Waals surface area (Å²) in [7, 11) is 0. The Bertz CT molecular complexity index is 1730. The first-order valence-corrected chi connectivity index (χ1v) is 15.1. The van der Waals surface area contributed by atoms with Crippen LogP contribution in [0.15, 0.2) is 150 Å². The summed E-state index contributed by atoms with van der Waals surface area (Å²) in [5, 5.41) is 5.69. The Morgan fingerprint density at radius 1 is 0.705 bits per heavy atom. The van der Waals surface area contributed by atoms with E-state index in [-0.39, 0.29) is 23.3 Å². The lowest BCUT2D eigenvalue weighted by atomic mass is 10.1. The molecule has 0 heterocycles. The van der Waals surface area contributed by atoms with Gasteiger partial charge in [-0.25, -0.2) is 0 Å². The van der Waals surface area contributed by atoms with E-state index in [1.165, 1.54) is 11.8 Å². The molecule has 3 amide bonds. The van der Waals surface area contributed by atoms with Gasteiger partial charge in [0.1, 0.15) is 5.70 Å². The van der Waals surface area contributed by atoms with Crippen molar-refractivity contribution >= 4 is 52.6 Å². The molecule has 0 aliphatic rings. The number of hydrogen-bond acceptors (Lipinski definition) is 4. The molecule has 0 fully saturated rings. The molecule has 7 heteroatoms. The Kier molecular flexibility index (Phi) is 10.0. The van der Waals surface area contributed by atoms with Crippen LogP contribution >= 0.6 is 11.8 Å². The molecular formula is C37H31N3O3S. The van der Waals surface area contributed by atoms with E-state index < -0.39 is 5.91 Å². The Hall–Kier alpha value is -5.40. The van der Waals surface area contributed by atoms with Crippen molar-refractivity contribution in [3.05, 3.63) is 162 Å². The maximum absolute atomic E-state index is 13.5. The zero-order valence-corrected chi connectivity index (χ0v) is 25.0. The van der Waals surface area contributed by atoms with E-state index >= 15 is 0 Å². The molecule has 2 N–H and O–H groups in total. The number of thioether (sulfide) groups is 1. The molecular weight excluding hydrogens is 566 g/mol. The van der Waals surface area contributed by atoms with Crippen LogP contribution in [0.1, 0.15) is 21.5 Å². The van der Waals surface area contributed by atoms with E-state index in [1.807, 2.05) is 116 Å². The van der Waals surface area contributed by atoms with Gasteiger partial charge in [-0.05, 0) is 78.7 Å². The molecule has 6 nitrogen and oxygen atoms in total. The highest BCUT2D eigenvalue weighted by molar-refractivity contribution is 8.00. The third-order valence-electron chi connectivity index (χ3n) is 6.75. The quantitative estimate of drug-likeness (QED) is 0.127. The summed E-state index contributed by atoms with van der Waals surface area (Å²) < 4.78 is 0. The number of para-hydroxylation sites is 2. The molecule has 0 unspecified atom stereocenters. The van der Waals surface area contributed by atoms with Crippen LogP contribution in [0.25, 0.3) is 6.08 Å². The van der Waals surface area contributed by atoms with Crippen LogP contribution in [0.2, 0.25) is 0 Å². The minimum absolute atomic E-state index is 0.0751. The second-order valence-corrected chi connectivity index (χ2v) is 11.0. The van der Waals surface area contributed by atoms with E-state index in [0.717, 1.165) is 27.4 Å². The van der Waals surface area contributed by atoms with E-state index in [0.29, 0.717) is 11.3 Å². The second-order valence-electron chi connectivity index (χ2n) is 9.91. The van der Waals surface area contributed by atoms with E-state index in [2.05, 4.69) is 10.6 Å². The molecule has 0 radical (unpaired) electrons. The Morgan fingerprint density at radius 2 is 1.30 bits per heavy atom. The third kappa shape index (κ3) is 7.91. The van der Waals surface area contributed by atoms with Crippen LogP contribution in [0.5, 0.6) is 0 Å². The number of carbonyl (C=O) groups excluding carboxylic acids is 3. The zero-order chi connectivity index (χ0) is 30.7. The Labute approximate surface area is 261 Å². The molecule has 0 aliphatic carbocycles. The number of nitrogens with zero attached hydrogens (tertiary/aromatic N) is 1. The molecule has 0 spiro atoms. The highest BCUT2D eigenvalue weighted by Crippen LogP contribution is 2.28. The van der Waals surface area contributed by atoms with E-state index in [4.69, 9.17) is 0 Å². The molecule has 0 saturated carbocycles. The first-order chi connectivity index (χ1) is 21.5. The fourth-order valence-corrected chi connectivity index (χ4v) is 5.31. The lowest BCUT2D eigenvalue weighted by Gasteiger charge is -2.23. The number of anilines is 3. The lowest BCUT2D eigenvalue weighted by Crippen LogP contribution is -2.30. The monoisotopic (exact) mass is 597 g/mol. The summed E-state index contributed by atoms with van der Waals surface area (Å²) in [5.74, 6) is -0.735. The van der Waals surface area contributed by atoms with Crippen LogP contribution in [0.3, 0.4) is 0 Å². The van der Waals surface area contributed by atoms with Gasteiger partial charge in [0.15, 0.2) is 0 Å². The molecule has 0 atom stereocenters. The predicted octanol–water partition coefficient (Wildman–Crippen LogP) is 7.86. The number of rotatable bonds is 10. The molecule has 44 heavy (non-hydrogen) atoms. The molecule has 5 aromatic rings. The minimum Gasteiger partial charge on any atom is -0.321 e. The lowest BCUT2D eigenvalue weighted by molar-refractivity contribution is -0.115. The standard InChI is InChI=1S/C37H31N3O3S/c1-27-14-11-12-17-29(27)24-34(39-36(42)28-15-5-2-6-16-28)37(43)38-30-18-13-23-33(25-30)44-26-35(41)40(31-19-7-3-8-20-31)32-21-9-4-10-22-32/h2-25H,26H2,1H3,(H,38,43)(H,39,42)/b34-24-. The van der Waals surface area contributed by atoms with Crippen molar-refractivity contribution in [1.29, 1.82) is 0 Å². The van der Waals surface area contributed by atoms with Gasteiger partial charge in [-0.15, -0.1) is 11.8 Å². The van der Waals surface area contributed by atoms with Gasteiger partial charge in [0.25, 0.3) is 11.8 Å². The summed E-state index contributed by atoms with van der Waals surface area (Å²) in [6.07, 6.45) is 1.67. The molecule has 0 saturated heterocycles. The average Bonchev–Trinajstić information content (AvgIpc) is 3.06. The molecule has 218 valence electrons. The molecule has 0 bridgehead atoms. The zero-order valence-electron chi connectivity index (χ0n) is 24.1.